The molecular formula is C15H24FN3. The Hall–Kier alpha value is -1.13. The van der Waals surface area contributed by atoms with Crippen LogP contribution in [-0.2, 0) is 0 Å². The van der Waals surface area contributed by atoms with Crippen LogP contribution in [0.5, 0.6) is 0 Å². The minimum atomic E-state index is -0.118. The number of nitrogens with one attached hydrogen (secondary N) is 1. The van der Waals surface area contributed by atoms with Crippen molar-refractivity contribution < 1.29 is 4.39 Å². The van der Waals surface area contributed by atoms with Crippen molar-refractivity contribution in [3.8, 4) is 0 Å². The first kappa shape index (κ1) is 14.3. The van der Waals surface area contributed by atoms with E-state index in [4.69, 9.17) is 0 Å². The summed E-state index contributed by atoms with van der Waals surface area (Å²) in [4.78, 5) is 4.55. The molecule has 1 aliphatic rings. The highest BCUT2D eigenvalue weighted by molar-refractivity contribution is 5.56. The van der Waals surface area contributed by atoms with E-state index in [0.717, 1.165) is 30.8 Å². The molecule has 0 aromatic heterocycles. The largest absolute Gasteiger partial charge is 0.370 e. The van der Waals surface area contributed by atoms with E-state index in [0.29, 0.717) is 6.04 Å². The van der Waals surface area contributed by atoms with E-state index in [1.165, 1.54) is 0 Å². The Labute approximate surface area is 115 Å². The molecule has 0 spiro atoms. The van der Waals surface area contributed by atoms with Gasteiger partial charge in [0.1, 0.15) is 5.82 Å². The van der Waals surface area contributed by atoms with Crippen molar-refractivity contribution in [1.29, 1.82) is 0 Å². The fourth-order valence-electron chi connectivity index (χ4n) is 2.76. The smallest absolute Gasteiger partial charge is 0.130 e. The molecule has 0 radical (unpaired) electrons. The number of hydrogen-bond acceptors (Lipinski definition) is 3. The summed E-state index contributed by atoms with van der Waals surface area (Å²) in [6, 6.07) is 5.96. The zero-order valence-corrected chi connectivity index (χ0v) is 12.3. The van der Waals surface area contributed by atoms with Gasteiger partial charge in [0, 0.05) is 36.4 Å². The molecule has 4 heteroatoms. The summed E-state index contributed by atoms with van der Waals surface area (Å²) in [5.41, 5.74) is 1.82. The van der Waals surface area contributed by atoms with Gasteiger partial charge in [-0.2, -0.15) is 0 Å². The van der Waals surface area contributed by atoms with E-state index in [1.807, 2.05) is 20.0 Å². The minimum absolute atomic E-state index is 0.0228. The lowest BCUT2D eigenvalue weighted by Crippen LogP contribution is -2.32. The summed E-state index contributed by atoms with van der Waals surface area (Å²) in [5, 5.41) is 3.14. The van der Waals surface area contributed by atoms with Crippen molar-refractivity contribution in [1.82, 2.24) is 10.2 Å². The number of hydrogen-bond donors (Lipinski definition) is 1. The number of halogens is 1. The third-order valence-electron chi connectivity index (χ3n) is 4.13. The van der Waals surface area contributed by atoms with Crippen LogP contribution in [0.1, 0.15) is 24.9 Å². The first-order valence-corrected chi connectivity index (χ1v) is 6.91. The first-order valence-electron chi connectivity index (χ1n) is 6.91. The van der Waals surface area contributed by atoms with Gasteiger partial charge in [0.25, 0.3) is 0 Å². The molecule has 1 saturated heterocycles. The molecular weight excluding hydrogens is 241 g/mol. The van der Waals surface area contributed by atoms with Crippen LogP contribution in [0.4, 0.5) is 10.1 Å². The maximum atomic E-state index is 14.1. The second kappa shape index (κ2) is 5.88. The monoisotopic (exact) mass is 265 g/mol. The van der Waals surface area contributed by atoms with E-state index in [9.17, 15) is 4.39 Å². The van der Waals surface area contributed by atoms with Crippen molar-refractivity contribution >= 4 is 5.69 Å². The number of nitrogens with zero attached hydrogens (tertiary/aromatic N) is 2. The molecule has 1 aromatic carbocycles. The van der Waals surface area contributed by atoms with Crippen LogP contribution in [0.2, 0.25) is 0 Å². The van der Waals surface area contributed by atoms with Crippen molar-refractivity contribution in [2.45, 2.75) is 25.4 Å². The number of rotatable bonds is 4. The summed E-state index contributed by atoms with van der Waals surface area (Å²) >= 11 is 0. The van der Waals surface area contributed by atoms with Gasteiger partial charge in [-0.15, -0.1) is 0 Å². The first-order chi connectivity index (χ1) is 9.04. The summed E-state index contributed by atoms with van der Waals surface area (Å²) < 4.78 is 14.1. The Morgan fingerprint density at radius 2 is 2.16 bits per heavy atom. The molecule has 0 bridgehead atoms. The van der Waals surface area contributed by atoms with Crippen LogP contribution in [0, 0.1) is 5.82 Å². The van der Waals surface area contributed by atoms with Gasteiger partial charge in [-0.05, 0) is 46.6 Å². The summed E-state index contributed by atoms with van der Waals surface area (Å²) in [5.74, 6) is -0.118. The Morgan fingerprint density at radius 3 is 2.74 bits per heavy atom. The predicted octanol–water partition coefficient (Wildman–Crippen LogP) is 2.25. The molecule has 19 heavy (non-hydrogen) atoms. The Balaban J connectivity index is 2.28. The van der Waals surface area contributed by atoms with E-state index in [-0.39, 0.29) is 11.9 Å². The minimum Gasteiger partial charge on any atom is -0.370 e. The van der Waals surface area contributed by atoms with Gasteiger partial charge in [0.2, 0.25) is 0 Å². The third kappa shape index (κ3) is 2.90. The molecule has 1 aliphatic heterocycles. The van der Waals surface area contributed by atoms with Gasteiger partial charge in [-0.25, -0.2) is 4.39 Å². The highest BCUT2D eigenvalue weighted by atomic mass is 19.1. The SMILES string of the molecule is CNC(C)c1c(F)cccc1N1CCC(N(C)C)C1. The van der Waals surface area contributed by atoms with Crippen molar-refractivity contribution in [3.05, 3.63) is 29.6 Å². The molecule has 1 aromatic rings. The Morgan fingerprint density at radius 1 is 1.42 bits per heavy atom. The zero-order valence-electron chi connectivity index (χ0n) is 12.3. The fraction of sp³-hybridized carbons (Fsp3) is 0.600. The van der Waals surface area contributed by atoms with Gasteiger partial charge >= 0.3 is 0 Å². The van der Waals surface area contributed by atoms with E-state index in [2.05, 4.69) is 29.2 Å². The predicted molar refractivity (Wildman–Crippen MR) is 78.2 cm³/mol. The highest BCUT2D eigenvalue weighted by Gasteiger charge is 2.27. The molecule has 0 amide bonds. The van der Waals surface area contributed by atoms with Crippen LogP contribution in [0.15, 0.2) is 18.2 Å². The quantitative estimate of drug-likeness (QED) is 0.901. The summed E-state index contributed by atoms with van der Waals surface area (Å²) in [6.07, 6.45) is 1.14. The van der Waals surface area contributed by atoms with Crippen molar-refractivity contribution in [2.75, 3.05) is 39.1 Å². The molecule has 0 aliphatic carbocycles. The van der Waals surface area contributed by atoms with Gasteiger partial charge < -0.3 is 15.1 Å². The standard InChI is InChI=1S/C15H24FN3/c1-11(17-2)15-13(16)6-5-7-14(15)19-9-8-12(10-19)18(3)4/h5-7,11-12,17H,8-10H2,1-4H3. The Bertz CT molecular complexity index is 433. The summed E-state index contributed by atoms with van der Waals surface area (Å²) in [6.45, 7) is 3.97. The molecule has 3 nitrogen and oxygen atoms in total. The number of anilines is 1. The van der Waals surface area contributed by atoms with Crippen LogP contribution in [-0.4, -0.2) is 45.2 Å². The van der Waals surface area contributed by atoms with E-state index in [1.54, 1.807) is 12.1 Å². The molecule has 0 saturated carbocycles. The van der Waals surface area contributed by atoms with Crippen LogP contribution in [0.25, 0.3) is 0 Å². The zero-order chi connectivity index (χ0) is 14.0. The maximum absolute atomic E-state index is 14.1. The summed E-state index contributed by atoms with van der Waals surface area (Å²) in [7, 11) is 6.08. The topological polar surface area (TPSA) is 18.5 Å². The van der Waals surface area contributed by atoms with Gasteiger partial charge in [-0.1, -0.05) is 6.07 Å². The van der Waals surface area contributed by atoms with Gasteiger partial charge in [-0.3, -0.25) is 0 Å². The molecule has 2 unspecified atom stereocenters. The highest BCUT2D eigenvalue weighted by Crippen LogP contribution is 2.31. The maximum Gasteiger partial charge on any atom is 0.130 e. The molecule has 1 N–H and O–H groups in total. The van der Waals surface area contributed by atoms with Crippen molar-refractivity contribution in [3.63, 3.8) is 0 Å². The van der Waals surface area contributed by atoms with Gasteiger partial charge in [0.05, 0.1) is 0 Å². The number of likely N-dealkylation sites (N-methyl/N-ethyl adjacent to an activating group) is 1. The third-order valence-corrected chi connectivity index (χ3v) is 4.13. The van der Waals surface area contributed by atoms with Crippen LogP contribution >= 0.6 is 0 Å². The lowest BCUT2D eigenvalue weighted by atomic mass is 10.0. The number of benzene rings is 1. The molecule has 2 atom stereocenters. The molecule has 106 valence electrons. The van der Waals surface area contributed by atoms with E-state index < -0.39 is 0 Å². The average molecular weight is 265 g/mol. The van der Waals surface area contributed by atoms with E-state index >= 15 is 0 Å². The normalized spacial score (nSPS) is 21.2. The van der Waals surface area contributed by atoms with Crippen LogP contribution in [0.3, 0.4) is 0 Å². The lowest BCUT2D eigenvalue weighted by Gasteiger charge is -2.26. The van der Waals surface area contributed by atoms with Crippen molar-refractivity contribution in [2.24, 2.45) is 0 Å². The lowest BCUT2D eigenvalue weighted by molar-refractivity contribution is 0.315. The van der Waals surface area contributed by atoms with Gasteiger partial charge in [0.15, 0.2) is 0 Å². The molecule has 1 fully saturated rings. The molecule has 2 rings (SSSR count). The second-order valence-corrected chi connectivity index (χ2v) is 5.54. The fourth-order valence-corrected chi connectivity index (χ4v) is 2.76. The van der Waals surface area contributed by atoms with Crippen LogP contribution < -0.4 is 10.2 Å². The molecule has 1 heterocycles. The Kier molecular flexibility index (Phi) is 4.42. The average Bonchev–Trinajstić information content (AvgIpc) is 2.87. The second-order valence-electron chi connectivity index (χ2n) is 5.54.